The summed E-state index contributed by atoms with van der Waals surface area (Å²) < 4.78 is 16.8. The molecule has 5 rings (SSSR count). The number of hydrogen-bond donors (Lipinski definition) is 1. The number of aliphatic carboxylic acids is 1. The first-order chi connectivity index (χ1) is 24.7. The fourth-order valence-corrected chi connectivity index (χ4v) is 6.61. The number of rotatable bonds is 16. The third-order valence-electron chi connectivity index (χ3n) is 9.04. The number of carbonyl (C=O) groups is 4. The average molecular weight is 693 g/mol. The van der Waals surface area contributed by atoms with Crippen LogP contribution in [0.1, 0.15) is 37.8 Å². The molecule has 51 heavy (non-hydrogen) atoms. The summed E-state index contributed by atoms with van der Waals surface area (Å²) in [5.74, 6) is -5.56. The molecule has 0 heterocycles. The molecule has 2 amide bonds. The Morgan fingerprint density at radius 3 is 1.27 bits per heavy atom. The van der Waals surface area contributed by atoms with Crippen LogP contribution in [0.4, 0.5) is 0 Å². The number of benzene rings is 4. The summed E-state index contributed by atoms with van der Waals surface area (Å²) >= 11 is 0. The molecule has 0 aromatic heterocycles. The van der Waals surface area contributed by atoms with Crippen LogP contribution in [0.25, 0.3) is 0 Å². The third-order valence-corrected chi connectivity index (χ3v) is 9.04. The lowest BCUT2D eigenvalue weighted by Crippen LogP contribution is -2.64. The van der Waals surface area contributed by atoms with Crippen LogP contribution in [0.5, 0.6) is 23.0 Å². The van der Waals surface area contributed by atoms with Gasteiger partial charge in [-0.15, -0.1) is 0 Å². The van der Waals surface area contributed by atoms with Gasteiger partial charge in [-0.2, -0.15) is 0 Å². The van der Waals surface area contributed by atoms with Crippen LogP contribution in [0.3, 0.4) is 0 Å². The fraction of sp³-hybridized carbons (Fsp3) is 0.317. The second kappa shape index (κ2) is 17.3. The second-order valence-corrected chi connectivity index (χ2v) is 12.6. The van der Waals surface area contributed by atoms with E-state index in [1.165, 1.54) is 0 Å². The predicted molar refractivity (Wildman–Crippen MR) is 191 cm³/mol. The van der Waals surface area contributed by atoms with E-state index in [1.54, 1.807) is 9.80 Å². The van der Waals surface area contributed by atoms with Gasteiger partial charge < -0.3 is 29.1 Å². The molecule has 1 N–H and O–H groups in total. The standard InChI is InChI=1S/C41H44N2O8/c1-4-24-42(26-28-16-20-32(21-17-28)50-30-12-8-6-9-13-30)38(44)34-35(37(41(48)49-3)36(34)40(46)47)39(45)43(25-5-2)27-29-18-22-33(23-19-29)51-31-14-10-7-11-15-31/h6-23,34-37H,4-5,24-27H2,1-3H3,(H,46,47). The molecular formula is C41H44N2O8. The molecule has 0 bridgehead atoms. The minimum atomic E-state index is -1.40. The molecule has 1 saturated carbocycles. The summed E-state index contributed by atoms with van der Waals surface area (Å²) in [6.07, 6.45) is 1.22. The maximum Gasteiger partial charge on any atom is 0.310 e. The van der Waals surface area contributed by atoms with E-state index in [2.05, 4.69) is 0 Å². The highest BCUT2D eigenvalue weighted by atomic mass is 16.5. The normalized spacial score (nSPS) is 17.8. The Morgan fingerprint density at radius 1 is 0.549 bits per heavy atom. The van der Waals surface area contributed by atoms with E-state index in [-0.39, 0.29) is 13.1 Å². The summed E-state index contributed by atoms with van der Waals surface area (Å²) in [6.45, 7) is 4.94. The molecule has 1 aliphatic rings. The lowest BCUT2D eigenvalue weighted by atomic mass is 9.55. The highest BCUT2D eigenvalue weighted by Crippen LogP contribution is 2.49. The zero-order valence-electron chi connectivity index (χ0n) is 29.1. The van der Waals surface area contributed by atoms with Crippen molar-refractivity contribution in [1.29, 1.82) is 0 Å². The maximum absolute atomic E-state index is 14.4. The Morgan fingerprint density at radius 2 is 0.922 bits per heavy atom. The molecule has 0 saturated heterocycles. The third kappa shape index (κ3) is 8.94. The first-order valence-electron chi connectivity index (χ1n) is 17.3. The summed E-state index contributed by atoms with van der Waals surface area (Å²) in [6, 6.07) is 33.4. The number of esters is 1. The van der Waals surface area contributed by atoms with Crippen molar-refractivity contribution in [3.8, 4) is 23.0 Å². The largest absolute Gasteiger partial charge is 0.481 e. The van der Waals surface area contributed by atoms with Gasteiger partial charge in [-0.05, 0) is 72.5 Å². The van der Waals surface area contributed by atoms with E-state index >= 15 is 0 Å². The Kier molecular flexibility index (Phi) is 12.5. The molecule has 0 spiro atoms. The number of methoxy groups -OCH3 is 1. The zero-order valence-corrected chi connectivity index (χ0v) is 29.1. The van der Waals surface area contributed by atoms with Gasteiger partial charge in [0.2, 0.25) is 11.8 Å². The van der Waals surface area contributed by atoms with Crippen molar-refractivity contribution in [3.63, 3.8) is 0 Å². The maximum atomic E-state index is 14.4. The first-order valence-corrected chi connectivity index (χ1v) is 17.3. The van der Waals surface area contributed by atoms with E-state index in [0.717, 1.165) is 18.2 Å². The van der Waals surface area contributed by atoms with Crippen molar-refractivity contribution in [2.75, 3.05) is 20.2 Å². The van der Waals surface area contributed by atoms with Crippen LogP contribution < -0.4 is 9.47 Å². The second-order valence-electron chi connectivity index (χ2n) is 12.6. The van der Waals surface area contributed by atoms with Crippen LogP contribution in [-0.2, 0) is 37.0 Å². The monoisotopic (exact) mass is 692 g/mol. The topological polar surface area (TPSA) is 123 Å². The van der Waals surface area contributed by atoms with Crippen molar-refractivity contribution in [2.45, 2.75) is 39.8 Å². The summed E-state index contributed by atoms with van der Waals surface area (Å²) in [4.78, 5) is 57.6. The zero-order chi connectivity index (χ0) is 36.3. The lowest BCUT2D eigenvalue weighted by molar-refractivity contribution is -0.189. The van der Waals surface area contributed by atoms with Crippen LogP contribution in [0.2, 0.25) is 0 Å². The Balaban J connectivity index is 1.36. The van der Waals surface area contributed by atoms with Gasteiger partial charge in [0.05, 0.1) is 30.8 Å². The molecule has 4 aromatic carbocycles. The lowest BCUT2D eigenvalue weighted by Gasteiger charge is -2.48. The van der Waals surface area contributed by atoms with Gasteiger partial charge in [0.1, 0.15) is 23.0 Å². The molecular weight excluding hydrogens is 648 g/mol. The molecule has 4 unspecified atom stereocenters. The molecule has 1 fully saturated rings. The SMILES string of the molecule is CCCN(Cc1ccc(Oc2ccccc2)cc1)C(=O)C1C(C(=O)O)C(C(=O)OC)C1C(=O)N(CCC)Cc1ccc(Oc2ccccc2)cc1. The fourth-order valence-electron chi connectivity index (χ4n) is 6.61. The summed E-state index contributed by atoms with van der Waals surface area (Å²) in [5, 5.41) is 10.3. The molecule has 4 aromatic rings. The highest BCUT2D eigenvalue weighted by Gasteiger charge is 2.65. The summed E-state index contributed by atoms with van der Waals surface area (Å²) in [7, 11) is 1.16. The van der Waals surface area contributed by atoms with Gasteiger partial charge in [-0.25, -0.2) is 0 Å². The van der Waals surface area contributed by atoms with E-state index in [4.69, 9.17) is 14.2 Å². The molecule has 10 nitrogen and oxygen atoms in total. The number of nitrogens with zero attached hydrogens (tertiary/aromatic N) is 2. The Bertz CT molecular complexity index is 1760. The van der Waals surface area contributed by atoms with Crippen LogP contribution >= 0.6 is 0 Å². The van der Waals surface area contributed by atoms with Gasteiger partial charge >= 0.3 is 11.9 Å². The molecule has 266 valence electrons. The van der Waals surface area contributed by atoms with Crippen LogP contribution in [-0.4, -0.2) is 58.9 Å². The van der Waals surface area contributed by atoms with Crippen LogP contribution in [0, 0.1) is 23.7 Å². The average Bonchev–Trinajstić information content (AvgIpc) is 3.13. The Labute approximate surface area is 298 Å². The number of carboxylic acids is 1. The van der Waals surface area contributed by atoms with Crippen molar-refractivity contribution in [1.82, 2.24) is 9.80 Å². The predicted octanol–water partition coefficient (Wildman–Crippen LogP) is 7.18. The van der Waals surface area contributed by atoms with Crippen molar-refractivity contribution < 1.29 is 38.5 Å². The van der Waals surface area contributed by atoms with Gasteiger partial charge in [0.15, 0.2) is 0 Å². The molecule has 0 aliphatic heterocycles. The quantitative estimate of drug-likeness (QED) is 0.123. The minimum Gasteiger partial charge on any atom is -0.481 e. The highest BCUT2D eigenvalue weighted by molar-refractivity contribution is 6.00. The van der Waals surface area contributed by atoms with E-state index in [9.17, 15) is 24.3 Å². The van der Waals surface area contributed by atoms with Crippen LogP contribution in [0.15, 0.2) is 109 Å². The van der Waals surface area contributed by atoms with Gasteiger partial charge in [-0.1, -0.05) is 74.5 Å². The van der Waals surface area contributed by atoms with E-state index in [0.29, 0.717) is 48.9 Å². The number of carboxylic acid groups (broad SMARTS) is 1. The number of ether oxygens (including phenoxy) is 3. The number of amides is 2. The van der Waals surface area contributed by atoms with E-state index < -0.39 is 47.4 Å². The summed E-state index contributed by atoms with van der Waals surface area (Å²) in [5.41, 5.74) is 1.62. The van der Waals surface area contributed by atoms with E-state index in [1.807, 2.05) is 123 Å². The van der Waals surface area contributed by atoms with Crippen molar-refractivity contribution >= 4 is 23.8 Å². The molecule has 4 atom stereocenters. The number of carbonyl (C=O) groups excluding carboxylic acids is 3. The Hall–Kier alpha value is -5.64. The first kappa shape index (κ1) is 36.6. The minimum absolute atomic E-state index is 0.195. The molecule has 10 heteroatoms. The van der Waals surface area contributed by atoms with Gasteiger partial charge in [0, 0.05) is 26.2 Å². The smallest absolute Gasteiger partial charge is 0.310 e. The molecule has 1 aliphatic carbocycles. The number of para-hydroxylation sites is 2. The molecule has 0 radical (unpaired) electrons. The number of hydrogen-bond acceptors (Lipinski definition) is 7. The van der Waals surface area contributed by atoms with Crippen molar-refractivity contribution in [3.05, 3.63) is 120 Å². The van der Waals surface area contributed by atoms with Gasteiger partial charge in [-0.3, -0.25) is 19.2 Å². The van der Waals surface area contributed by atoms with Gasteiger partial charge in [0.25, 0.3) is 0 Å². The van der Waals surface area contributed by atoms with Crippen molar-refractivity contribution in [2.24, 2.45) is 23.7 Å².